The van der Waals surface area contributed by atoms with Crippen LogP contribution >= 0.6 is 0 Å². The van der Waals surface area contributed by atoms with Gasteiger partial charge in [0, 0.05) is 37.2 Å². The number of nitrogens with one attached hydrogen (secondary N) is 1. The van der Waals surface area contributed by atoms with E-state index >= 15 is 0 Å². The number of nitrogens with zero attached hydrogens (tertiary/aromatic N) is 2. The van der Waals surface area contributed by atoms with E-state index < -0.39 is 0 Å². The molecule has 0 aliphatic carbocycles. The lowest BCUT2D eigenvalue weighted by molar-refractivity contribution is 0.0699. The maximum atomic E-state index is 5.40. The van der Waals surface area contributed by atoms with Gasteiger partial charge in [0.05, 0.1) is 12.8 Å². The van der Waals surface area contributed by atoms with Crippen LogP contribution in [0.1, 0.15) is 18.4 Å². The summed E-state index contributed by atoms with van der Waals surface area (Å²) in [5.74, 6) is 0. The molecule has 1 aromatic rings. The molecule has 82 valence electrons. The van der Waals surface area contributed by atoms with Gasteiger partial charge in [0.15, 0.2) is 0 Å². The molecule has 1 atom stereocenters. The maximum Gasteiger partial charge on any atom is 0.0619 e. The van der Waals surface area contributed by atoms with Crippen molar-refractivity contribution < 1.29 is 4.74 Å². The summed E-state index contributed by atoms with van der Waals surface area (Å²) in [6.07, 6.45) is 7.88. The number of rotatable bonds is 4. The summed E-state index contributed by atoms with van der Waals surface area (Å²) < 4.78 is 7.11. The van der Waals surface area contributed by atoms with E-state index in [0.717, 1.165) is 26.2 Å². The first kappa shape index (κ1) is 10.4. The molecule has 0 spiro atoms. The molecule has 2 rings (SSSR count). The Labute approximate surface area is 89.9 Å². The van der Waals surface area contributed by atoms with E-state index in [-0.39, 0.29) is 0 Å². The van der Waals surface area contributed by atoms with Gasteiger partial charge in [-0.1, -0.05) is 6.58 Å². The molecule has 2 heterocycles. The highest BCUT2D eigenvalue weighted by atomic mass is 16.5. The highest BCUT2D eigenvalue weighted by molar-refractivity contribution is 5.17. The van der Waals surface area contributed by atoms with E-state index in [1.807, 2.05) is 12.4 Å². The summed E-state index contributed by atoms with van der Waals surface area (Å²) in [4.78, 5) is 0. The van der Waals surface area contributed by atoms with E-state index in [4.69, 9.17) is 4.74 Å². The lowest BCUT2D eigenvalue weighted by Crippen LogP contribution is -2.36. The first-order chi connectivity index (χ1) is 7.38. The van der Waals surface area contributed by atoms with Crippen LogP contribution in [-0.4, -0.2) is 29.0 Å². The minimum absolute atomic E-state index is 0.492. The van der Waals surface area contributed by atoms with E-state index in [1.54, 1.807) is 10.9 Å². The van der Waals surface area contributed by atoms with E-state index in [1.165, 1.54) is 12.0 Å². The molecule has 4 nitrogen and oxygen atoms in total. The van der Waals surface area contributed by atoms with Crippen LogP contribution in [0.15, 0.2) is 19.0 Å². The summed E-state index contributed by atoms with van der Waals surface area (Å²) in [5, 5.41) is 7.59. The van der Waals surface area contributed by atoms with Crippen LogP contribution in [0.2, 0.25) is 0 Å². The van der Waals surface area contributed by atoms with Crippen LogP contribution in [-0.2, 0) is 11.3 Å². The molecule has 15 heavy (non-hydrogen) atoms. The Morgan fingerprint density at radius 2 is 2.67 bits per heavy atom. The monoisotopic (exact) mass is 207 g/mol. The second-order valence-corrected chi connectivity index (χ2v) is 3.81. The molecule has 1 aromatic heterocycles. The molecule has 1 unspecified atom stereocenters. The fourth-order valence-corrected chi connectivity index (χ4v) is 1.73. The van der Waals surface area contributed by atoms with Crippen LogP contribution in [0.3, 0.4) is 0 Å². The first-order valence-electron chi connectivity index (χ1n) is 5.35. The number of hydrogen-bond donors (Lipinski definition) is 1. The highest BCUT2D eigenvalue weighted by Gasteiger charge is 2.12. The zero-order valence-corrected chi connectivity index (χ0v) is 8.85. The predicted molar refractivity (Wildman–Crippen MR) is 59.3 cm³/mol. The van der Waals surface area contributed by atoms with Gasteiger partial charge in [-0.05, 0) is 12.8 Å². The van der Waals surface area contributed by atoms with Crippen LogP contribution in [0.25, 0.3) is 6.20 Å². The van der Waals surface area contributed by atoms with Gasteiger partial charge < -0.3 is 10.1 Å². The van der Waals surface area contributed by atoms with Gasteiger partial charge in [0.2, 0.25) is 0 Å². The van der Waals surface area contributed by atoms with Crippen LogP contribution in [0.4, 0.5) is 0 Å². The lowest BCUT2D eigenvalue weighted by Gasteiger charge is -2.22. The van der Waals surface area contributed by atoms with Crippen molar-refractivity contribution in [2.24, 2.45) is 0 Å². The quantitative estimate of drug-likeness (QED) is 0.807. The standard InChI is InChI=1S/C11H17N3O/c1-2-14-8-10(7-13-14)6-12-11-4-3-5-15-9-11/h2,7-8,11-12H,1,3-6,9H2. The summed E-state index contributed by atoms with van der Waals surface area (Å²) >= 11 is 0. The number of hydrogen-bond acceptors (Lipinski definition) is 3. The third-order valence-corrected chi connectivity index (χ3v) is 2.60. The number of ether oxygens (including phenoxy) is 1. The average molecular weight is 207 g/mol. The van der Waals surface area contributed by atoms with Crippen molar-refractivity contribution in [2.45, 2.75) is 25.4 Å². The van der Waals surface area contributed by atoms with Gasteiger partial charge in [-0.2, -0.15) is 5.10 Å². The first-order valence-corrected chi connectivity index (χ1v) is 5.35. The third-order valence-electron chi connectivity index (χ3n) is 2.60. The molecule has 1 aliphatic rings. The van der Waals surface area contributed by atoms with Crippen molar-refractivity contribution in [1.82, 2.24) is 15.1 Å². The normalized spacial score (nSPS) is 21.5. The zero-order valence-electron chi connectivity index (χ0n) is 8.85. The molecule has 1 fully saturated rings. The Morgan fingerprint density at radius 1 is 1.73 bits per heavy atom. The van der Waals surface area contributed by atoms with Crippen molar-refractivity contribution in [2.75, 3.05) is 13.2 Å². The summed E-state index contributed by atoms with van der Waals surface area (Å²) in [5.41, 5.74) is 1.18. The highest BCUT2D eigenvalue weighted by Crippen LogP contribution is 2.07. The summed E-state index contributed by atoms with van der Waals surface area (Å²) in [6.45, 7) is 6.24. The van der Waals surface area contributed by atoms with Gasteiger partial charge in [0.25, 0.3) is 0 Å². The summed E-state index contributed by atoms with van der Waals surface area (Å²) in [7, 11) is 0. The smallest absolute Gasteiger partial charge is 0.0619 e. The van der Waals surface area contributed by atoms with Gasteiger partial charge in [0.1, 0.15) is 0 Å². The predicted octanol–water partition coefficient (Wildman–Crippen LogP) is 1.25. The van der Waals surface area contributed by atoms with E-state index in [9.17, 15) is 0 Å². The Kier molecular flexibility index (Phi) is 3.53. The fourth-order valence-electron chi connectivity index (χ4n) is 1.73. The fraction of sp³-hybridized carbons (Fsp3) is 0.545. The molecule has 1 N–H and O–H groups in total. The van der Waals surface area contributed by atoms with Crippen molar-refractivity contribution in [3.05, 3.63) is 24.5 Å². The molecule has 0 radical (unpaired) electrons. The topological polar surface area (TPSA) is 39.1 Å². The third kappa shape index (κ3) is 2.91. The van der Waals surface area contributed by atoms with Crippen LogP contribution < -0.4 is 5.32 Å². The largest absolute Gasteiger partial charge is 0.380 e. The average Bonchev–Trinajstić information content (AvgIpc) is 2.76. The zero-order chi connectivity index (χ0) is 10.5. The van der Waals surface area contributed by atoms with E-state index in [0.29, 0.717) is 6.04 Å². The lowest BCUT2D eigenvalue weighted by atomic mass is 10.1. The van der Waals surface area contributed by atoms with Crippen molar-refractivity contribution in [1.29, 1.82) is 0 Å². The number of aromatic nitrogens is 2. The maximum absolute atomic E-state index is 5.40. The van der Waals surface area contributed by atoms with Gasteiger partial charge in [-0.3, -0.25) is 0 Å². The molecule has 0 saturated carbocycles. The Balaban J connectivity index is 1.79. The van der Waals surface area contributed by atoms with Crippen molar-refractivity contribution in [3.8, 4) is 0 Å². The second-order valence-electron chi connectivity index (χ2n) is 3.81. The van der Waals surface area contributed by atoms with Crippen molar-refractivity contribution in [3.63, 3.8) is 0 Å². The molecule has 1 aliphatic heterocycles. The Bertz CT molecular complexity index is 315. The molecule has 1 saturated heterocycles. The summed E-state index contributed by atoms with van der Waals surface area (Å²) in [6, 6.07) is 0.492. The van der Waals surface area contributed by atoms with Gasteiger partial charge >= 0.3 is 0 Å². The van der Waals surface area contributed by atoms with Gasteiger partial charge in [-0.25, -0.2) is 4.68 Å². The Morgan fingerprint density at radius 3 is 3.33 bits per heavy atom. The second kappa shape index (κ2) is 5.09. The van der Waals surface area contributed by atoms with Gasteiger partial charge in [-0.15, -0.1) is 0 Å². The molecular formula is C11H17N3O. The molecule has 0 bridgehead atoms. The van der Waals surface area contributed by atoms with Crippen LogP contribution in [0, 0.1) is 0 Å². The molecular weight excluding hydrogens is 190 g/mol. The molecule has 4 heteroatoms. The van der Waals surface area contributed by atoms with E-state index in [2.05, 4.69) is 17.0 Å². The minimum Gasteiger partial charge on any atom is -0.380 e. The SMILES string of the molecule is C=Cn1cc(CNC2CCCOC2)cn1. The molecule has 0 aromatic carbocycles. The van der Waals surface area contributed by atoms with Crippen LogP contribution in [0.5, 0.6) is 0 Å². The Hall–Kier alpha value is -1.13. The molecule has 0 amide bonds. The minimum atomic E-state index is 0.492. The van der Waals surface area contributed by atoms with Crippen molar-refractivity contribution >= 4 is 6.20 Å².